The zero-order valence-corrected chi connectivity index (χ0v) is 15.7. The minimum absolute atomic E-state index is 0.262. The third kappa shape index (κ3) is 3.86. The van der Waals surface area contributed by atoms with Crippen molar-refractivity contribution in [3.05, 3.63) is 50.9 Å². The molecule has 1 unspecified atom stereocenters. The van der Waals surface area contributed by atoms with Crippen LogP contribution in [0, 0.1) is 0 Å². The van der Waals surface area contributed by atoms with Crippen LogP contribution in [0.5, 0.6) is 0 Å². The third-order valence-electron chi connectivity index (χ3n) is 4.17. The average molecular weight is 380 g/mol. The number of anilines is 1. The van der Waals surface area contributed by atoms with Gasteiger partial charge in [0.05, 0.1) is 30.6 Å². The Bertz CT molecular complexity index is 801. The van der Waals surface area contributed by atoms with Crippen LogP contribution in [0.15, 0.2) is 24.3 Å². The lowest BCUT2D eigenvalue weighted by Crippen LogP contribution is -3.08. The van der Waals surface area contributed by atoms with Gasteiger partial charge in [0.25, 0.3) is 5.91 Å². The van der Waals surface area contributed by atoms with Crippen LogP contribution >= 0.6 is 22.9 Å². The van der Waals surface area contributed by atoms with E-state index in [0.29, 0.717) is 27.8 Å². The van der Waals surface area contributed by atoms with Crippen LogP contribution in [0.2, 0.25) is 5.02 Å². The summed E-state index contributed by atoms with van der Waals surface area (Å²) in [6.07, 6.45) is 0.808. The molecule has 0 saturated heterocycles. The number of esters is 1. The van der Waals surface area contributed by atoms with E-state index in [1.807, 2.05) is 0 Å². The lowest BCUT2D eigenvalue weighted by Gasteiger charge is -2.19. The number of thiophene rings is 1. The molecule has 0 spiro atoms. The van der Waals surface area contributed by atoms with E-state index in [0.717, 1.165) is 30.0 Å². The Morgan fingerprint density at radius 3 is 2.72 bits per heavy atom. The van der Waals surface area contributed by atoms with Gasteiger partial charge in [-0.2, -0.15) is 0 Å². The molecule has 0 bridgehead atoms. The van der Waals surface area contributed by atoms with E-state index in [4.69, 9.17) is 16.3 Å². The van der Waals surface area contributed by atoms with Crippen LogP contribution in [0.1, 0.15) is 38.1 Å². The van der Waals surface area contributed by atoms with Crippen molar-refractivity contribution >= 4 is 39.8 Å². The molecule has 132 valence electrons. The van der Waals surface area contributed by atoms with Gasteiger partial charge in [-0.25, -0.2) is 4.79 Å². The predicted octanol–water partition coefficient (Wildman–Crippen LogP) is 2.40. The number of hydrogen-bond acceptors (Lipinski definition) is 4. The molecule has 0 radical (unpaired) electrons. The summed E-state index contributed by atoms with van der Waals surface area (Å²) in [5, 5.41) is 4.02. The molecule has 25 heavy (non-hydrogen) atoms. The number of carbonyl (C=O) groups excluding carboxylic acids is 2. The van der Waals surface area contributed by atoms with Crippen LogP contribution in [-0.4, -0.2) is 32.1 Å². The third-order valence-corrected chi connectivity index (χ3v) is 5.57. The van der Waals surface area contributed by atoms with Crippen molar-refractivity contribution in [3.63, 3.8) is 0 Å². The number of ether oxygens (including phenoxy) is 1. The quantitative estimate of drug-likeness (QED) is 0.802. The number of nitrogens with one attached hydrogen (secondary N) is 2. The van der Waals surface area contributed by atoms with Crippen molar-refractivity contribution < 1.29 is 19.2 Å². The molecule has 1 aromatic carbocycles. The van der Waals surface area contributed by atoms with Gasteiger partial charge in [-0.05, 0) is 36.8 Å². The molecule has 0 saturated carbocycles. The fraction of sp³-hybridized carbons (Fsp3) is 0.333. The number of benzene rings is 1. The first-order valence-electron chi connectivity index (χ1n) is 8.19. The molecule has 0 aliphatic carbocycles. The Morgan fingerprint density at radius 1 is 1.32 bits per heavy atom. The first-order chi connectivity index (χ1) is 12.0. The Morgan fingerprint density at radius 2 is 2.04 bits per heavy atom. The van der Waals surface area contributed by atoms with Gasteiger partial charge in [0.2, 0.25) is 0 Å². The van der Waals surface area contributed by atoms with Crippen molar-refractivity contribution in [2.24, 2.45) is 0 Å². The van der Waals surface area contributed by atoms with Crippen molar-refractivity contribution in [1.29, 1.82) is 0 Å². The second-order valence-corrected chi connectivity index (χ2v) is 7.56. The minimum atomic E-state index is -0.369. The summed E-state index contributed by atoms with van der Waals surface area (Å²) in [6.45, 7) is 3.89. The number of likely N-dealkylation sites (N-methyl/N-ethyl adjacent to an activating group) is 1. The molecule has 1 aliphatic heterocycles. The summed E-state index contributed by atoms with van der Waals surface area (Å²) in [4.78, 5) is 27.5. The van der Waals surface area contributed by atoms with Gasteiger partial charge in [-0.15, -0.1) is 11.3 Å². The predicted molar refractivity (Wildman–Crippen MR) is 98.8 cm³/mol. The van der Waals surface area contributed by atoms with E-state index >= 15 is 0 Å². The Hall–Kier alpha value is -1.89. The highest BCUT2D eigenvalue weighted by Gasteiger charge is 2.30. The number of hydrogen-bond donors (Lipinski definition) is 2. The van der Waals surface area contributed by atoms with Gasteiger partial charge in [0.1, 0.15) is 11.5 Å². The summed E-state index contributed by atoms with van der Waals surface area (Å²) in [5.74, 6) is -0.632. The number of halogens is 1. The van der Waals surface area contributed by atoms with E-state index < -0.39 is 0 Å². The monoisotopic (exact) mass is 379 g/mol. The van der Waals surface area contributed by atoms with Crippen LogP contribution in [0.3, 0.4) is 0 Å². The molecule has 2 heterocycles. The van der Waals surface area contributed by atoms with Gasteiger partial charge < -0.3 is 15.0 Å². The highest BCUT2D eigenvalue weighted by Crippen LogP contribution is 2.35. The SMILES string of the molecule is CCOC(=O)c1c(NC(=O)c2ccc(Cl)cc2)sc2c1CC[NH+](C)C2. The molecular weight excluding hydrogens is 360 g/mol. The maximum Gasteiger partial charge on any atom is 0.341 e. The minimum Gasteiger partial charge on any atom is -0.462 e. The molecule has 1 aliphatic rings. The highest BCUT2D eigenvalue weighted by molar-refractivity contribution is 7.17. The summed E-state index contributed by atoms with van der Waals surface area (Å²) < 4.78 is 5.22. The molecule has 2 aromatic rings. The van der Waals surface area contributed by atoms with Crippen LogP contribution in [0.4, 0.5) is 5.00 Å². The fourth-order valence-corrected chi connectivity index (χ4v) is 4.37. The van der Waals surface area contributed by atoms with E-state index in [9.17, 15) is 9.59 Å². The smallest absolute Gasteiger partial charge is 0.341 e. The Kier molecular flexibility index (Phi) is 5.42. The van der Waals surface area contributed by atoms with Crippen LogP contribution in [0.25, 0.3) is 0 Å². The maximum atomic E-state index is 12.5. The topological polar surface area (TPSA) is 59.8 Å². The van der Waals surface area contributed by atoms with Crippen molar-refractivity contribution in [2.75, 3.05) is 25.5 Å². The van der Waals surface area contributed by atoms with Gasteiger partial charge in [-0.3, -0.25) is 4.79 Å². The fourth-order valence-electron chi connectivity index (χ4n) is 2.90. The molecular formula is C18H20ClN2O3S+. The molecule has 3 rings (SSSR count). The normalized spacial score (nSPS) is 16.2. The summed E-state index contributed by atoms with van der Waals surface area (Å²) >= 11 is 7.33. The summed E-state index contributed by atoms with van der Waals surface area (Å²) in [5.41, 5.74) is 2.02. The lowest BCUT2D eigenvalue weighted by molar-refractivity contribution is -0.895. The first-order valence-corrected chi connectivity index (χ1v) is 9.39. The Labute approximate surface area is 155 Å². The van der Waals surface area contributed by atoms with Gasteiger partial charge in [0.15, 0.2) is 0 Å². The number of fused-ring (bicyclic) bond motifs is 1. The lowest BCUT2D eigenvalue weighted by atomic mass is 10.0. The maximum absolute atomic E-state index is 12.5. The molecule has 7 heteroatoms. The van der Waals surface area contributed by atoms with E-state index in [1.165, 1.54) is 16.2 Å². The zero-order chi connectivity index (χ0) is 18.0. The largest absolute Gasteiger partial charge is 0.462 e. The van der Waals surface area contributed by atoms with E-state index in [1.54, 1.807) is 31.2 Å². The molecule has 5 nitrogen and oxygen atoms in total. The molecule has 0 fully saturated rings. The second-order valence-electron chi connectivity index (χ2n) is 6.02. The van der Waals surface area contributed by atoms with Crippen molar-refractivity contribution in [3.8, 4) is 0 Å². The highest BCUT2D eigenvalue weighted by atomic mass is 35.5. The average Bonchev–Trinajstić information content (AvgIpc) is 2.92. The molecule has 1 atom stereocenters. The number of carbonyl (C=O) groups is 2. The molecule has 1 amide bonds. The van der Waals surface area contributed by atoms with Gasteiger partial charge in [0, 0.05) is 17.0 Å². The molecule has 2 N–H and O–H groups in total. The van der Waals surface area contributed by atoms with Gasteiger partial charge in [-0.1, -0.05) is 11.6 Å². The second kappa shape index (κ2) is 7.56. The van der Waals surface area contributed by atoms with Crippen molar-refractivity contribution in [2.45, 2.75) is 19.9 Å². The van der Waals surface area contributed by atoms with E-state index in [2.05, 4.69) is 12.4 Å². The zero-order valence-electron chi connectivity index (χ0n) is 14.1. The summed E-state index contributed by atoms with van der Waals surface area (Å²) in [7, 11) is 2.12. The van der Waals surface area contributed by atoms with Crippen LogP contribution < -0.4 is 10.2 Å². The van der Waals surface area contributed by atoms with E-state index in [-0.39, 0.29) is 11.9 Å². The standard InChI is InChI=1S/C18H19ClN2O3S/c1-3-24-18(23)15-13-8-9-21(2)10-14(13)25-17(15)20-16(22)11-4-6-12(19)7-5-11/h4-7H,3,8-10H2,1-2H3,(H,20,22)/p+1. The molecule has 1 aromatic heterocycles. The summed E-state index contributed by atoms with van der Waals surface area (Å²) in [6, 6.07) is 6.65. The number of quaternary nitrogens is 1. The van der Waals surface area contributed by atoms with Crippen molar-refractivity contribution in [1.82, 2.24) is 0 Å². The van der Waals surface area contributed by atoms with Crippen LogP contribution in [-0.2, 0) is 17.7 Å². The number of rotatable bonds is 4. The first kappa shape index (κ1) is 17.9. The number of amides is 1. The van der Waals surface area contributed by atoms with Gasteiger partial charge >= 0.3 is 5.97 Å². The Balaban J connectivity index is 1.93.